The van der Waals surface area contributed by atoms with E-state index < -0.39 is 5.97 Å². The molecule has 0 aromatic heterocycles. The largest absolute Gasteiger partial charge is 0.545 e. The fourth-order valence-electron chi connectivity index (χ4n) is 2.60. The van der Waals surface area contributed by atoms with Gasteiger partial charge in [-0.2, -0.15) is 0 Å². The van der Waals surface area contributed by atoms with Gasteiger partial charge in [-0.1, -0.05) is 88.7 Å². The first kappa shape index (κ1) is 20.9. The van der Waals surface area contributed by atoms with Gasteiger partial charge in [0.2, 0.25) is 0 Å². The van der Waals surface area contributed by atoms with Crippen molar-refractivity contribution >= 4 is 5.97 Å². The summed E-state index contributed by atoms with van der Waals surface area (Å²) in [5, 5.41) is 10.6. The summed E-state index contributed by atoms with van der Waals surface area (Å²) in [7, 11) is 0. The van der Waals surface area contributed by atoms with E-state index in [-0.39, 0.29) is 5.56 Å². The summed E-state index contributed by atoms with van der Waals surface area (Å²) in [4.78, 5) is 10.6. The first-order chi connectivity index (χ1) is 12.2. The zero-order chi connectivity index (χ0) is 18.2. The van der Waals surface area contributed by atoms with Crippen LogP contribution in [-0.2, 0) is 0 Å². The molecule has 0 saturated carbocycles. The Labute approximate surface area is 153 Å². The average Bonchev–Trinajstić information content (AvgIpc) is 2.62. The van der Waals surface area contributed by atoms with Gasteiger partial charge in [-0.15, -0.1) is 0 Å². The van der Waals surface area contributed by atoms with Gasteiger partial charge in [0.1, 0.15) is 0 Å². The predicted octanol–water partition coefficient (Wildman–Crippen LogP) is 4.72. The second-order valence-corrected chi connectivity index (χ2v) is 6.35. The van der Waals surface area contributed by atoms with Crippen molar-refractivity contribution in [3.63, 3.8) is 0 Å². The quantitative estimate of drug-likeness (QED) is 0.433. The Morgan fingerprint density at radius 3 is 1.96 bits per heavy atom. The average molecular weight is 337 g/mol. The van der Waals surface area contributed by atoms with Crippen LogP contribution in [0, 0.1) is 23.7 Å². The fraction of sp³-hybridized carbons (Fsp3) is 0.522. The summed E-state index contributed by atoms with van der Waals surface area (Å²) in [5.41, 5.74) is 0.927. The monoisotopic (exact) mass is 337 g/mol. The van der Waals surface area contributed by atoms with Crippen LogP contribution in [0.5, 0.6) is 0 Å². The van der Waals surface area contributed by atoms with Crippen molar-refractivity contribution in [1.82, 2.24) is 0 Å². The Balaban J connectivity index is 2.05. The number of carbonyl (C=O) groups excluding carboxylic acids is 1. The molecule has 0 N–H and O–H groups in total. The summed E-state index contributed by atoms with van der Waals surface area (Å²) < 4.78 is 0. The van der Waals surface area contributed by atoms with Crippen molar-refractivity contribution in [3.8, 4) is 23.7 Å². The minimum Gasteiger partial charge on any atom is -0.545 e. The van der Waals surface area contributed by atoms with Crippen LogP contribution in [0.1, 0.15) is 93.5 Å². The fourth-order valence-corrected chi connectivity index (χ4v) is 2.60. The van der Waals surface area contributed by atoms with Crippen LogP contribution in [0.25, 0.3) is 0 Å². The molecular weight excluding hydrogens is 308 g/mol. The highest BCUT2D eigenvalue weighted by Gasteiger charge is 1.92. The summed E-state index contributed by atoms with van der Waals surface area (Å²) in [6.45, 7) is 2.25. The van der Waals surface area contributed by atoms with Gasteiger partial charge in [-0.25, -0.2) is 0 Å². The predicted molar refractivity (Wildman–Crippen MR) is 102 cm³/mol. The smallest absolute Gasteiger partial charge is 0.0715 e. The first-order valence-electron chi connectivity index (χ1n) is 9.54. The van der Waals surface area contributed by atoms with Crippen molar-refractivity contribution in [3.05, 3.63) is 35.4 Å². The van der Waals surface area contributed by atoms with E-state index in [2.05, 4.69) is 30.6 Å². The molecule has 0 fully saturated rings. The number of hydrogen-bond acceptors (Lipinski definition) is 2. The van der Waals surface area contributed by atoms with Crippen molar-refractivity contribution in [1.29, 1.82) is 0 Å². The third-order valence-corrected chi connectivity index (χ3v) is 4.13. The van der Waals surface area contributed by atoms with E-state index in [1.54, 1.807) is 12.1 Å². The molecule has 134 valence electrons. The van der Waals surface area contributed by atoms with Gasteiger partial charge < -0.3 is 9.90 Å². The zero-order valence-electron chi connectivity index (χ0n) is 15.4. The highest BCUT2D eigenvalue weighted by molar-refractivity contribution is 5.85. The molecule has 2 nitrogen and oxygen atoms in total. The van der Waals surface area contributed by atoms with Crippen LogP contribution in [-0.4, -0.2) is 5.97 Å². The van der Waals surface area contributed by atoms with Crippen molar-refractivity contribution < 1.29 is 9.90 Å². The second kappa shape index (κ2) is 14.2. The Morgan fingerprint density at radius 1 is 0.840 bits per heavy atom. The van der Waals surface area contributed by atoms with Gasteiger partial charge in [0.05, 0.1) is 5.97 Å². The van der Waals surface area contributed by atoms with Gasteiger partial charge in [0.15, 0.2) is 0 Å². The molecule has 25 heavy (non-hydrogen) atoms. The van der Waals surface area contributed by atoms with Crippen LogP contribution in [0.3, 0.4) is 0 Å². The first-order valence-corrected chi connectivity index (χ1v) is 9.54. The molecule has 0 aliphatic heterocycles. The number of rotatable bonds is 11. The van der Waals surface area contributed by atoms with Gasteiger partial charge in [0.25, 0.3) is 0 Å². The van der Waals surface area contributed by atoms with E-state index in [9.17, 15) is 9.90 Å². The molecular formula is C23H29O2-. The number of carboxylic acids is 1. The minimum atomic E-state index is -1.17. The molecule has 0 aliphatic rings. The number of benzene rings is 1. The Bertz CT molecular complexity index is 605. The molecule has 0 bridgehead atoms. The second-order valence-electron chi connectivity index (χ2n) is 6.35. The lowest BCUT2D eigenvalue weighted by atomic mass is 10.1. The Morgan fingerprint density at radius 2 is 1.40 bits per heavy atom. The number of carbonyl (C=O) groups is 1. The van der Waals surface area contributed by atoms with Crippen LogP contribution in [0.2, 0.25) is 0 Å². The highest BCUT2D eigenvalue weighted by Crippen LogP contribution is 2.10. The molecule has 0 radical (unpaired) electrons. The van der Waals surface area contributed by atoms with Crippen LogP contribution < -0.4 is 5.11 Å². The van der Waals surface area contributed by atoms with E-state index in [0.717, 1.165) is 18.4 Å². The van der Waals surface area contributed by atoms with Gasteiger partial charge >= 0.3 is 0 Å². The summed E-state index contributed by atoms with van der Waals surface area (Å²) in [5.74, 6) is 10.5. The normalized spacial score (nSPS) is 9.64. The molecule has 1 aromatic carbocycles. The molecule has 0 atom stereocenters. The summed E-state index contributed by atoms with van der Waals surface area (Å²) in [6.07, 6.45) is 14.2. The SMILES string of the molecule is CCCCCCCCCCCCC#CC#Cc1ccc(C(=O)[O-])cc1. The van der Waals surface area contributed by atoms with Crippen LogP contribution in [0.15, 0.2) is 24.3 Å². The molecule has 0 saturated heterocycles. The van der Waals surface area contributed by atoms with Gasteiger partial charge in [-0.3, -0.25) is 0 Å². The number of carboxylic acid groups (broad SMARTS) is 1. The highest BCUT2D eigenvalue weighted by atomic mass is 16.4. The molecule has 0 amide bonds. The maximum absolute atomic E-state index is 10.6. The maximum Gasteiger partial charge on any atom is 0.0715 e. The lowest BCUT2D eigenvalue weighted by molar-refractivity contribution is -0.255. The third kappa shape index (κ3) is 11.1. The number of aromatic carboxylic acids is 1. The Kier molecular flexibility index (Phi) is 11.8. The van der Waals surface area contributed by atoms with Gasteiger partial charge in [0, 0.05) is 12.0 Å². The summed E-state index contributed by atoms with van der Waals surface area (Å²) in [6, 6.07) is 6.33. The lowest BCUT2D eigenvalue weighted by Gasteiger charge is -2.00. The zero-order valence-corrected chi connectivity index (χ0v) is 15.4. The standard InChI is InChI=1S/C23H30O2/c1-2-3-4-5-6-7-8-9-10-11-12-13-14-15-16-21-17-19-22(20-18-21)23(24)25/h17-20H,2-12H2,1H3,(H,24,25)/p-1. The van der Waals surface area contributed by atoms with E-state index in [4.69, 9.17) is 0 Å². The van der Waals surface area contributed by atoms with Crippen molar-refractivity contribution in [2.75, 3.05) is 0 Å². The molecule has 2 heteroatoms. The van der Waals surface area contributed by atoms with Crippen LogP contribution >= 0.6 is 0 Å². The van der Waals surface area contributed by atoms with Gasteiger partial charge in [-0.05, 0) is 36.0 Å². The molecule has 0 spiro atoms. The topological polar surface area (TPSA) is 40.1 Å². The van der Waals surface area contributed by atoms with E-state index in [1.165, 1.54) is 69.9 Å². The molecule has 1 rings (SSSR count). The summed E-state index contributed by atoms with van der Waals surface area (Å²) >= 11 is 0. The molecule has 0 unspecified atom stereocenters. The number of hydrogen-bond donors (Lipinski definition) is 0. The van der Waals surface area contributed by atoms with E-state index in [0.29, 0.717) is 0 Å². The third-order valence-electron chi connectivity index (χ3n) is 4.13. The molecule has 0 heterocycles. The molecule has 0 aliphatic carbocycles. The molecule has 1 aromatic rings. The lowest BCUT2D eigenvalue weighted by Crippen LogP contribution is -2.21. The van der Waals surface area contributed by atoms with Crippen molar-refractivity contribution in [2.24, 2.45) is 0 Å². The minimum absolute atomic E-state index is 0.164. The Hall–Kier alpha value is -2.19. The van der Waals surface area contributed by atoms with E-state index in [1.807, 2.05) is 0 Å². The maximum atomic E-state index is 10.6. The van der Waals surface area contributed by atoms with Crippen molar-refractivity contribution in [2.45, 2.75) is 77.6 Å². The van der Waals surface area contributed by atoms with Crippen LogP contribution in [0.4, 0.5) is 0 Å². The number of unbranched alkanes of at least 4 members (excludes halogenated alkanes) is 10. The van der Waals surface area contributed by atoms with E-state index >= 15 is 0 Å².